The van der Waals surface area contributed by atoms with Gasteiger partial charge in [0.2, 0.25) is 6.41 Å². The van der Waals surface area contributed by atoms with E-state index in [2.05, 4.69) is 15.6 Å². The number of nitro benzene ring substituents is 1. The van der Waals surface area contributed by atoms with Crippen molar-refractivity contribution in [3.05, 3.63) is 93.4 Å². The maximum Gasteiger partial charge on any atom is 0.269 e. The van der Waals surface area contributed by atoms with E-state index in [1.165, 1.54) is 40.5 Å². The molecule has 2 N–H and O–H groups in total. The molecule has 3 amide bonds. The number of thiazole rings is 1. The normalized spacial score (nSPS) is 9.94. The summed E-state index contributed by atoms with van der Waals surface area (Å²) in [6, 6.07) is 17.8. The number of aromatic nitrogens is 1. The molecule has 2 aromatic heterocycles. The molecule has 0 bridgehead atoms. The zero-order chi connectivity index (χ0) is 26.1. The number of hydrogen-bond acceptors (Lipinski definition) is 8. The lowest BCUT2D eigenvalue weighted by molar-refractivity contribution is -0.384. The van der Waals surface area contributed by atoms with Crippen LogP contribution in [0, 0.1) is 10.1 Å². The zero-order valence-corrected chi connectivity index (χ0v) is 20.8. The van der Waals surface area contributed by atoms with Gasteiger partial charge in [-0.1, -0.05) is 35.6 Å². The van der Waals surface area contributed by atoms with Crippen molar-refractivity contribution in [2.75, 3.05) is 24.7 Å². The monoisotopic (exact) mass is 523 g/mol. The number of thiophene rings is 1. The summed E-state index contributed by atoms with van der Waals surface area (Å²) in [7, 11) is 3.38. The molecule has 0 radical (unpaired) electrons. The first-order chi connectivity index (χ1) is 17.3. The van der Waals surface area contributed by atoms with Crippen LogP contribution in [0.3, 0.4) is 0 Å². The van der Waals surface area contributed by atoms with Gasteiger partial charge in [0.15, 0.2) is 5.13 Å². The molecule has 4 aromatic rings. The number of rotatable bonds is 7. The number of benzene rings is 2. The van der Waals surface area contributed by atoms with E-state index in [1.54, 1.807) is 38.4 Å². The van der Waals surface area contributed by atoms with E-state index in [-0.39, 0.29) is 17.2 Å². The summed E-state index contributed by atoms with van der Waals surface area (Å²) in [6.07, 6.45) is 0.750. The molecule has 0 fully saturated rings. The molecule has 0 aliphatic rings. The van der Waals surface area contributed by atoms with Crippen molar-refractivity contribution < 1.29 is 19.3 Å². The van der Waals surface area contributed by atoms with E-state index >= 15 is 0 Å². The Kier molecular flexibility index (Phi) is 8.97. The molecule has 0 saturated heterocycles. The van der Waals surface area contributed by atoms with Crippen molar-refractivity contribution in [3.8, 4) is 10.6 Å². The lowest BCUT2D eigenvalue weighted by Crippen LogP contribution is -2.11. The van der Waals surface area contributed by atoms with E-state index in [4.69, 9.17) is 0 Å². The van der Waals surface area contributed by atoms with Crippen molar-refractivity contribution in [1.29, 1.82) is 0 Å². The number of amides is 3. The standard InChI is InChI=1S/C21H14N4O4S2.C3H7NO/c26-18(13-5-2-1-3-6-13)23-20-17(16-7-4-12-30-16)22-21(31-20)24-19(27)14-8-10-15(11-9-14)25(28)29;1-4(2)3-5/h1-12H,(H,23,26)(H,22,24,27);3H,1-2H3. The Morgan fingerprint density at radius 2 is 1.56 bits per heavy atom. The van der Waals surface area contributed by atoms with Crippen LogP contribution in [0.5, 0.6) is 0 Å². The number of hydrogen-bond donors (Lipinski definition) is 2. The van der Waals surface area contributed by atoms with Crippen molar-refractivity contribution in [2.24, 2.45) is 0 Å². The molecule has 10 nitrogen and oxygen atoms in total. The van der Waals surface area contributed by atoms with Gasteiger partial charge in [-0.3, -0.25) is 29.8 Å². The first kappa shape index (κ1) is 26.2. The van der Waals surface area contributed by atoms with Crippen molar-refractivity contribution in [1.82, 2.24) is 9.88 Å². The van der Waals surface area contributed by atoms with Gasteiger partial charge in [0.05, 0.1) is 9.80 Å². The summed E-state index contributed by atoms with van der Waals surface area (Å²) in [6.45, 7) is 0. The van der Waals surface area contributed by atoms with Crippen LogP contribution in [-0.2, 0) is 4.79 Å². The van der Waals surface area contributed by atoms with Crippen LogP contribution in [0.2, 0.25) is 0 Å². The molecule has 0 aliphatic carbocycles. The van der Waals surface area contributed by atoms with Gasteiger partial charge in [-0.2, -0.15) is 0 Å². The molecule has 36 heavy (non-hydrogen) atoms. The summed E-state index contributed by atoms with van der Waals surface area (Å²) < 4.78 is 0. The number of anilines is 2. The second-order valence-corrected chi connectivity index (χ2v) is 9.27. The van der Waals surface area contributed by atoms with E-state index in [0.29, 0.717) is 21.4 Å². The molecule has 2 heterocycles. The van der Waals surface area contributed by atoms with Crippen molar-refractivity contribution >= 4 is 56.7 Å². The van der Waals surface area contributed by atoms with E-state index in [0.717, 1.165) is 22.6 Å². The summed E-state index contributed by atoms with van der Waals surface area (Å²) in [5.74, 6) is -0.738. The fourth-order valence-corrected chi connectivity index (χ4v) is 4.36. The van der Waals surface area contributed by atoms with E-state index in [9.17, 15) is 24.5 Å². The smallest absolute Gasteiger partial charge is 0.269 e. The van der Waals surface area contributed by atoms with Crippen LogP contribution in [0.25, 0.3) is 10.6 Å². The first-order valence-corrected chi connectivity index (χ1v) is 12.1. The van der Waals surface area contributed by atoms with Crippen molar-refractivity contribution in [2.45, 2.75) is 0 Å². The average Bonchev–Trinajstić information content (AvgIpc) is 3.55. The molecule has 184 valence electrons. The topological polar surface area (TPSA) is 135 Å². The highest BCUT2D eigenvalue weighted by molar-refractivity contribution is 7.21. The van der Waals surface area contributed by atoms with Gasteiger partial charge in [-0.15, -0.1) is 11.3 Å². The Labute approximate surface area is 214 Å². The Hall–Kier alpha value is -4.42. The number of non-ortho nitro benzene ring substituents is 1. The molecule has 12 heteroatoms. The molecule has 2 aromatic carbocycles. The van der Waals surface area contributed by atoms with Crippen LogP contribution in [0.4, 0.5) is 15.8 Å². The van der Waals surface area contributed by atoms with Gasteiger partial charge in [0.25, 0.3) is 17.5 Å². The van der Waals surface area contributed by atoms with Crippen LogP contribution in [0.1, 0.15) is 20.7 Å². The predicted octanol–water partition coefficient (Wildman–Crippen LogP) is 4.99. The highest BCUT2D eigenvalue weighted by Crippen LogP contribution is 2.38. The fourth-order valence-electron chi connectivity index (χ4n) is 2.71. The third-order valence-corrected chi connectivity index (χ3v) is 6.18. The van der Waals surface area contributed by atoms with Gasteiger partial charge in [0, 0.05) is 37.4 Å². The van der Waals surface area contributed by atoms with Gasteiger partial charge in [-0.05, 0) is 35.7 Å². The lowest BCUT2D eigenvalue weighted by Gasteiger charge is -2.04. The molecule has 0 aliphatic heterocycles. The molecule has 0 unspecified atom stereocenters. The maximum atomic E-state index is 12.6. The summed E-state index contributed by atoms with van der Waals surface area (Å²) >= 11 is 2.60. The fraction of sp³-hybridized carbons (Fsp3) is 0.0833. The Morgan fingerprint density at radius 1 is 0.944 bits per heavy atom. The SMILES string of the molecule is CN(C)C=O.O=C(Nc1nc(-c2cccs2)c(NC(=O)c2ccccc2)s1)c1ccc([N+](=O)[O-])cc1. The number of nitrogens with one attached hydrogen (secondary N) is 2. The molecule has 0 spiro atoms. The second kappa shape index (κ2) is 12.3. The summed E-state index contributed by atoms with van der Waals surface area (Å²) in [5, 5.41) is 19.0. The number of carbonyl (C=O) groups is 3. The third kappa shape index (κ3) is 7.04. The number of nitrogens with zero attached hydrogens (tertiary/aromatic N) is 3. The van der Waals surface area contributed by atoms with Crippen molar-refractivity contribution in [3.63, 3.8) is 0 Å². The number of carbonyl (C=O) groups excluding carboxylic acids is 3. The highest BCUT2D eigenvalue weighted by atomic mass is 32.1. The largest absolute Gasteiger partial charge is 0.351 e. The van der Waals surface area contributed by atoms with E-state index < -0.39 is 10.8 Å². The predicted molar refractivity (Wildman–Crippen MR) is 141 cm³/mol. The van der Waals surface area contributed by atoms with E-state index in [1.807, 2.05) is 23.6 Å². The first-order valence-electron chi connectivity index (χ1n) is 10.4. The van der Waals surface area contributed by atoms with Crippen LogP contribution in [-0.4, -0.2) is 47.1 Å². The quantitative estimate of drug-likeness (QED) is 0.199. The summed E-state index contributed by atoms with van der Waals surface area (Å²) in [5.41, 5.74) is 1.22. The van der Waals surface area contributed by atoms with Crippen LogP contribution >= 0.6 is 22.7 Å². The molecular weight excluding hydrogens is 502 g/mol. The molecule has 4 rings (SSSR count). The van der Waals surface area contributed by atoms with Gasteiger partial charge in [-0.25, -0.2) is 4.98 Å². The minimum absolute atomic E-state index is 0.100. The Balaban J connectivity index is 0.000000658. The highest BCUT2D eigenvalue weighted by Gasteiger charge is 2.19. The van der Waals surface area contributed by atoms with Crippen LogP contribution < -0.4 is 10.6 Å². The zero-order valence-electron chi connectivity index (χ0n) is 19.2. The number of nitro groups is 1. The lowest BCUT2D eigenvalue weighted by atomic mass is 10.2. The third-order valence-electron chi connectivity index (χ3n) is 4.42. The molecule has 0 atom stereocenters. The average molecular weight is 524 g/mol. The minimum atomic E-state index is -0.530. The Morgan fingerprint density at radius 3 is 2.11 bits per heavy atom. The molecule has 0 saturated carbocycles. The van der Waals surface area contributed by atoms with Gasteiger partial charge < -0.3 is 10.2 Å². The van der Waals surface area contributed by atoms with Crippen LogP contribution in [0.15, 0.2) is 72.1 Å². The Bertz CT molecular complexity index is 1340. The summed E-state index contributed by atoms with van der Waals surface area (Å²) in [4.78, 5) is 51.6. The maximum absolute atomic E-state index is 12.6. The molecular formula is C24H21N5O5S2. The van der Waals surface area contributed by atoms with Gasteiger partial charge >= 0.3 is 0 Å². The minimum Gasteiger partial charge on any atom is -0.351 e. The van der Waals surface area contributed by atoms with Gasteiger partial charge in [0.1, 0.15) is 10.7 Å². The second-order valence-electron chi connectivity index (χ2n) is 7.32.